The average molecular weight is 481 g/mol. The second-order valence-electron chi connectivity index (χ2n) is 10.5. The number of aromatic nitrogens is 2. The minimum Gasteiger partial charge on any atom is -0.494 e. The number of aromatic amines is 1. The molecule has 1 N–H and O–H groups in total. The Balaban J connectivity index is 1.27. The fourth-order valence-electron chi connectivity index (χ4n) is 5.09. The molecule has 2 aromatic rings. The zero-order valence-corrected chi connectivity index (χ0v) is 22.1. The Bertz CT molecular complexity index is 796. The van der Waals surface area contributed by atoms with Crippen molar-refractivity contribution in [1.82, 2.24) is 9.97 Å². The number of nitrogens with zero attached hydrogens (tertiary/aromatic N) is 1. The van der Waals surface area contributed by atoms with Crippen LogP contribution in [0.2, 0.25) is 0 Å². The number of imidazole rings is 1. The lowest BCUT2D eigenvalue weighted by atomic mass is 9.88. The normalized spacial score (nSPS) is 14.2. The van der Waals surface area contributed by atoms with E-state index >= 15 is 0 Å². The molecule has 1 aliphatic rings. The van der Waals surface area contributed by atoms with E-state index in [2.05, 4.69) is 16.9 Å². The van der Waals surface area contributed by atoms with Crippen LogP contribution in [-0.2, 0) is 6.42 Å². The van der Waals surface area contributed by atoms with Crippen LogP contribution in [0, 0.1) is 11.8 Å². The zero-order chi connectivity index (χ0) is 24.6. The minimum atomic E-state index is 0.222. The molecule has 0 bridgehead atoms. The number of Topliss-reactive ketones (excluding diaryl/α,β-unsaturated/α-hetero) is 1. The maximum absolute atomic E-state index is 13.2. The molecule has 1 aliphatic carbocycles. The van der Waals surface area contributed by atoms with Crippen LogP contribution in [0.4, 0.5) is 0 Å². The fourth-order valence-corrected chi connectivity index (χ4v) is 5.09. The standard InChI is InChI=1S/C31H48N2O2/c1-2-3-4-5-6-7-8-9-10-11-12-13-16-30(26-17-18-26)31(34)27-19-21-29(22-20-27)35-23-14-15-28-24-32-25-33-28/h19-22,24-26,30H,2-18,23H2,1H3,(H,32,33). The summed E-state index contributed by atoms with van der Waals surface area (Å²) in [7, 11) is 0. The highest BCUT2D eigenvalue weighted by Crippen LogP contribution is 2.41. The van der Waals surface area contributed by atoms with Gasteiger partial charge in [0, 0.05) is 23.4 Å². The van der Waals surface area contributed by atoms with Crippen LogP contribution in [0.25, 0.3) is 0 Å². The Hall–Kier alpha value is -2.10. The second-order valence-corrected chi connectivity index (χ2v) is 10.5. The number of carbonyl (C=O) groups excluding carboxylic acids is 1. The van der Waals surface area contributed by atoms with E-state index in [0.717, 1.165) is 36.3 Å². The molecule has 194 valence electrons. The number of nitrogens with one attached hydrogen (secondary N) is 1. The van der Waals surface area contributed by atoms with Gasteiger partial charge in [-0.05, 0) is 62.3 Å². The monoisotopic (exact) mass is 480 g/mol. The van der Waals surface area contributed by atoms with Gasteiger partial charge in [0.1, 0.15) is 5.75 Å². The summed E-state index contributed by atoms with van der Waals surface area (Å²) >= 11 is 0. The molecule has 3 rings (SSSR count). The van der Waals surface area contributed by atoms with E-state index in [-0.39, 0.29) is 5.92 Å². The molecule has 35 heavy (non-hydrogen) atoms. The van der Waals surface area contributed by atoms with Gasteiger partial charge in [-0.2, -0.15) is 0 Å². The van der Waals surface area contributed by atoms with Gasteiger partial charge in [-0.25, -0.2) is 4.98 Å². The lowest BCUT2D eigenvalue weighted by Gasteiger charge is -2.15. The van der Waals surface area contributed by atoms with E-state index in [1.165, 1.54) is 89.9 Å². The SMILES string of the molecule is CCCCCCCCCCCCCCC(C(=O)c1ccc(OCCCc2cnc[nH]2)cc1)C1CC1. The average Bonchev–Trinajstić information content (AvgIpc) is 3.59. The number of ketones is 1. The van der Waals surface area contributed by atoms with E-state index < -0.39 is 0 Å². The van der Waals surface area contributed by atoms with E-state index in [9.17, 15) is 4.79 Å². The molecular weight excluding hydrogens is 432 g/mol. The predicted molar refractivity (Wildman–Crippen MR) is 145 cm³/mol. The highest BCUT2D eigenvalue weighted by atomic mass is 16.5. The van der Waals surface area contributed by atoms with Crippen molar-refractivity contribution in [3.63, 3.8) is 0 Å². The molecular formula is C31H48N2O2. The summed E-state index contributed by atoms with van der Waals surface area (Å²) in [6.45, 7) is 2.94. The summed E-state index contributed by atoms with van der Waals surface area (Å²) < 4.78 is 5.86. The molecule has 1 heterocycles. The number of benzene rings is 1. The lowest BCUT2D eigenvalue weighted by molar-refractivity contribution is 0.0894. The van der Waals surface area contributed by atoms with Gasteiger partial charge >= 0.3 is 0 Å². The molecule has 1 fully saturated rings. The molecule has 0 aliphatic heterocycles. The van der Waals surface area contributed by atoms with Gasteiger partial charge in [0.25, 0.3) is 0 Å². The first kappa shape index (κ1) is 27.5. The van der Waals surface area contributed by atoms with Crippen molar-refractivity contribution in [2.75, 3.05) is 6.61 Å². The molecule has 0 radical (unpaired) electrons. The maximum atomic E-state index is 13.2. The number of hydrogen-bond acceptors (Lipinski definition) is 3. The Labute approximate surface area is 213 Å². The van der Waals surface area contributed by atoms with E-state index in [1.54, 1.807) is 6.33 Å². The van der Waals surface area contributed by atoms with Crippen LogP contribution in [-0.4, -0.2) is 22.4 Å². The quantitative estimate of drug-likeness (QED) is 0.143. The van der Waals surface area contributed by atoms with Crippen LogP contribution in [0.15, 0.2) is 36.8 Å². The highest BCUT2D eigenvalue weighted by molar-refractivity contribution is 5.98. The number of ether oxygens (including phenoxy) is 1. The van der Waals surface area contributed by atoms with Crippen LogP contribution in [0.5, 0.6) is 5.75 Å². The molecule has 1 saturated carbocycles. The fraction of sp³-hybridized carbons (Fsp3) is 0.677. The zero-order valence-electron chi connectivity index (χ0n) is 22.1. The van der Waals surface area contributed by atoms with E-state index in [4.69, 9.17) is 4.74 Å². The third kappa shape index (κ3) is 11.0. The van der Waals surface area contributed by atoms with Crippen LogP contribution in [0.1, 0.15) is 126 Å². The number of H-pyrrole nitrogens is 1. The van der Waals surface area contributed by atoms with Crippen molar-refractivity contribution in [3.8, 4) is 5.75 Å². The van der Waals surface area contributed by atoms with E-state index in [1.807, 2.05) is 30.5 Å². The molecule has 0 amide bonds. The Morgan fingerprint density at radius 3 is 2.11 bits per heavy atom. The first-order chi connectivity index (χ1) is 17.3. The second kappa shape index (κ2) is 16.5. The Morgan fingerprint density at radius 1 is 0.914 bits per heavy atom. The molecule has 0 saturated heterocycles. The molecule has 0 spiro atoms. The van der Waals surface area contributed by atoms with Gasteiger partial charge in [-0.3, -0.25) is 4.79 Å². The number of aryl methyl sites for hydroxylation is 1. The van der Waals surface area contributed by atoms with Gasteiger partial charge in [0.05, 0.1) is 12.9 Å². The topological polar surface area (TPSA) is 55.0 Å². The van der Waals surface area contributed by atoms with Crippen molar-refractivity contribution < 1.29 is 9.53 Å². The first-order valence-electron chi connectivity index (χ1n) is 14.5. The van der Waals surface area contributed by atoms with Crippen LogP contribution in [0.3, 0.4) is 0 Å². The van der Waals surface area contributed by atoms with Crippen molar-refractivity contribution in [1.29, 1.82) is 0 Å². The molecule has 1 unspecified atom stereocenters. The number of hydrogen-bond donors (Lipinski definition) is 1. The Morgan fingerprint density at radius 2 is 1.54 bits per heavy atom. The number of unbranched alkanes of at least 4 members (excludes halogenated alkanes) is 11. The van der Waals surface area contributed by atoms with Crippen molar-refractivity contribution in [3.05, 3.63) is 48.0 Å². The summed E-state index contributed by atoms with van der Waals surface area (Å²) in [6, 6.07) is 7.84. The van der Waals surface area contributed by atoms with Gasteiger partial charge < -0.3 is 9.72 Å². The summed E-state index contributed by atoms with van der Waals surface area (Å²) in [5, 5.41) is 0. The van der Waals surface area contributed by atoms with Crippen molar-refractivity contribution >= 4 is 5.78 Å². The smallest absolute Gasteiger partial charge is 0.166 e. The van der Waals surface area contributed by atoms with Crippen LogP contribution < -0.4 is 4.74 Å². The van der Waals surface area contributed by atoms with Gasteiger partial charge in [0.15, 0.2) is 5.78 Å². The summed E-state index contributed by atoms with van der Waals surface area (Å²) in [5.41, 5.74) is 1.99. The number of rotatable bonds is 21. The highest BCUT2D eigenvalue weighted by Gasteiger charge is 2.35. The first-order valence-corrected chi connectivity index (χ1v) is 14.5. The van der Waals surface area contributed by atoms with Gasteiger partial charge in [-0.1, -0.05) is 84.0 Å². The molecule has 1 atom stereocenters. The predicted octanol–water partition coefficient (Wildman–Crippen LogP) is 8.72. The largest absolute Gasteiger partial charge is 0.494 e. The van der Waals surface area contributed by atoms with Crippen LogP contribution >= 0.6 is 0 Å². The summed E-state index contributed by atoms with van der Waals surface area (Å²) in [4.78, 5) is 20.4. The third-order valence-corrected chi connectivity index (χ3v) is 7.45. The van der Waals surface area contributed by atoms with E-state index in [0.29, 0.717) is 18.3 Å². The van der Waals surface area contributed by atoms with Crippen molar-refractivity contribution in [2.45, 2.75) is 116 Å². The molecule has 1 aromatic carbocycles. The lowest BCUT2D eigenvalue weighted by Crippen LogP contribution is -2.17. The maximum Gasteiger partial charge on any atom is 0.166 e. The molecule has 4 heteroatoms. The summed E-state index contributed by atoms with van der Waals surface area (Å²) in [5.74, 6) is 2.03. The minimum absolute atomic E-state index is 0.222. The molecule has 4 nitrogen and oxygen atoms in total. The molecule has 1 aromatic heterocycles. The van der Waals surface area contributed by atoms with Gasteiger partial charge in [0.2, 0.25) is 0 Å². The third-order valence-electron chi connectivity index (χ3n) is 7.45. The summed E-state index contributed by atoms with van der Waals surface area (Å²) in [6.07, 6.45) is 25.3. The van der Waals surface area contributed by atoms with Crippen molar-refractivity contribution in [2.24, 2.45) is 11.8 Å². The van der Waals surface area contributed by atoms with Gasteiger partial charge in [-0.15, -0.1) is 0 Å². The Kier molecular flexibility index (Phi) is 13.0. The number of carbonyl (C=O) groups is 1.